The largest absolute Gasteiger partial charge is 0.353 e. The average Bonchev–Trinajstić information content (AvgIpc) is 2.62. The van der Waals surface area contributed by atoms with Gasteiger partial charge in [-0.3, -0.25) is 4.79 Å². The number of carbonyl (C=O) groups excluding carboxylic acids is 1. The van der Waals surface area contributed by atoms with Crippen LogP contribution in [0, 0.1) is 5.82 Å². The fourth-order valence-corrected chi connectivity index (χ4v) is 3.06. The molecule has 24 heavy (non-hydrogen) atoms. The topological polar surface area (TPSA) is 36.4 Å². The normalized spacial score (nSPS) is 15.5. The second-order valence-corrected chi connectivity index (χ2v) is 6.60. The lowest BCUT2D eigenvalue weighted by molar-refractivity contribution is -0.136. The summed E-state index contributed by atoms with van der Waals surface area (Å²) < 4.78 is 13.1. The lowest BCUT2D eigenvalue weighted by Crippen LogP contribution is -2.53. The van der Waals surface area contributed by atoms with Crippen molar-refractivity contribution in [3.8, 4) is 0 Å². The number of benzene rings is 1. The number of amides is 1. The van der Waals surface area contributed by atoms with Crippen LogP contribution in [0.4, 0.5) is 10.2 Å². The number of anilines is 1. The minimum atomic E-state index is -0.666. The van der Waals surface area contributed by atoms with Crippen molar-refractivity contribution in [2.75, 3.05) is 31.1 Å². The summed E-state index contributed by atoms with van der Waals surface area (Å²) in [5, 5.41) is 0. The van der Waals surface area contributed by atoms with Gasteiger partial charge in [-0.25, -0.2) is 9.37 Å². The molecule has 1 aromatic heterocycles. The average molecular weight is 327 g/mol. The van der Waals surface area contributed by atoms with Crippen molar-refractivity contribution in [2.45, 2.75) is 19.3 Å². The maximum absolute atomic E-state index is 13.1. The molecule has 126 valence electrons. The summed E-state index contributed by atoms with van der Waals surface area (Å²) in [6.07, 6.45) is 1.78. The van der Waals surface area contributed by atoms with Gasteiger partial charge in [0.1, 0.15) is 11.6 Å². The first-order chi connectivity index (χ1) is 11.5. The highest BCUT2D eigenvalue weighted by Crippen LogP contribution is 2.27. The molecule has 1 aliphatic heterocycles. The number of hydrogen-bond donors (Lipinski definition) is 0. The van der Waals surface area contributed by atoms with E-state index >= 15 is 0 Å². The van der Waals surface area contributed by atoms with Crippen molar-refractivity contribution in [1.29, 1.82) is 0 Å². The molecule has 2 aromatic rings. The molecule has 0 saturated carbocycles. The zero-order valence-corrected chi connectivity index (χ0v) is 14.1. The molecule has 0 unspecified atom stereocenters. The Hall–Kier alpha value is -2.43. The number of halogens is 1. The summed E-state index contributed by atoms with van der Waals surface area (Å²) >= 11 is 0. The fraction of sp³-hybridized carbons (Fsp3) is 0.368. The molecule has 1 fully saturated rings. The van der Waals surface area contributed by atoms with E-state index in [1.165, 1.54) is 12.1 Å². The smallest absolute Gasteiger partial charge is 0.232 e. The summed E-state index contributed by atoms with van der Waals surface area (Å²) in [5.41, 5.74) is 0.169. The van der Waals surface area contributed by atoms with Gasteiger partial charge in [0.05, 0.1) is 5.41 Å². The lowest BCUT2D eigenvalue weighted by Gasteiger charge is -2.39. The number of nitrogens with zero attached hydrogens (tertiary/aromatic N) is 3. The molecule has 0 spiro atoms. The molecule has 1 aromatic carbocycles. The number of hydrogen-bond acceptors (Lipinski definition) is 3. The second kappa shape index (κ2) is 6.59. The Bertz CT molecular complexity index is 692. The lowest BCUT2D eigenvalue weighted by atomic mass is 9.83. The zero-order chi connectivity index (χ0) is 17.2. The minimum absolute atomic E-state index is 0.0785. The summed E-state index contributed by atoms with van der Waals surface area (Å²) in [7, 11) is 0. The van der Waals surface area contributed by atoms with Crippen molar-refractivity contribution in [3.05, 3.63) is 60.0 Å². The molecule has 2 heterocycles. The number of aromatic nitrogens is 1. The van der Waals surface area contributed by atoms with E-state index in [0.717, 1.165) is 24.5 Å². The van der Waals surface area contributed by atoms with E-state index in [1.807, 2.05) is 36.9 Å². The van der Waals surface area contributed by atoms with Gasteiger partial charge in [-0.2, -0.15) is 0 Å². The summed E-state index contributed by atoms with van der Waals surface area (Å²) in [5.74, 6) is 0.739. The Morgan fingerprint density at radius 1 is 1.04 bits per heavy atom. The number of pyridine rings is 1. The first kappa shape index (κ1) is 16.4. The number of carbonyl (C=O) groups is 1. The fourth-order valence-electron chi connectivity index (χ4n) is 3.06. The number of rotatable bonds is 3. The Morgan fingerprint density at radius 3 is 2.29 bits per heavy atom. The van der Waals surface area contributed by atoms with Gasteiger partial charge >= 0.3 is 0 Å². The van der Waals surface area contributed by atoms with Crippen LogP contribution in [0.2, 0.25) is 0 Å². The van der Waals surface area contributed by atoms with Gasteiger partial charge in [0.2, 0.25) is 5.91 Å². The maximum Gasteiger partial charge on any atom is 0.232 e. The van der Waals surface area contributed by atoms with Gasteiger partial charge in [0.25, 0.3) is 0 Å². The van der Waals surface area contributed by atoms with Crippen molar-refractivity contribution in [2.24, 2.45) is 0 Å². The van der Waals surface area contributed by atoms with Crippen LogP contribution >= 0.6 is 0 Å². The van der Waals surface area contributed by atoms with Crippen LogP contribution in [0.25, 0.3) is 0 Å². The Kier molecular flexibility index (Phi) is 4.51. The summed E-state index contributed by atoms with van der Waals surface area (Å²) in [6, 6.07) is 12.0. The third-order valence-electron chi connectivity index (χ3n) is 4.64. The second-order valence-electron chi connectivity index (χ2n) is 6.60. The van der Waals surface area contributed by atoms with Gasteiger partial charge < -0.3 is 9.80 Å². The Balaban J connectivity index is 1.67. The molecule has 3 rings (SSSR count). The molecular formula is C19H22FN3O. The van der Waals surface area contributed by atoms with Crippen LogP contribution in [0.5, 0.6) is 0 Å². The van der Waals surface area contributed by atoms with Crippen LogP contribution in [0.1, 0.15) is 19.4 Å². The highest BCUT2D eigenvalue weighted by molar-refractivity contribution is 5.87. The van der Waals surface area contributed by atoms with Crippen LogP contribution < -0.4 is 4.90 Å². The first-order valence-corrected chi connectivity index (χ1v) is 8.20. The van der Waals surface area contributed by atoms with Gasteiger partial charge in [0, 0.05) is 32.4 Å². The monoisotopic (exact) mass is 327 g/mol. The number of piperazine rings is 1. The Labute approximate surface area is 141 Å². The zero-order valence-electron chi connectivity index (χ0n) is 14.1. The van der Waals surface area contributed by atoms with Crippen LogP contribution in [-0.4, -0.2) is 42.0 Å². The third kappa shape index (κ3) is 3.25. The maximum atomic E-state index is 13.1. The molecule has 0 radical (unpaired) electrons. The molecule has 0 aliphatic carbocycles. The van der Waals surface area contributed by atoms with Gasteiger partial charge in [0.15, 0.2) is 0 Å². The van der Waals surface area contributed by atoms with Crippen molar-refractivity contribution in [1.82, 2.24) is 9.88 Å². The van der Waals surface area contributed by atoms with E-state index in [1.54, 1.807) is 18.3 Å². The predicted octanol–water partition coefficient (Wildman–Crippen LogP) is 2.85. The third-order valence-corrected chi connectivity index (χ3v) is 4.64. The minimum Gasteiger partial charge on any atom is -0.353 e. The molecule has 1 aliphatic rings. The molecule has 0 bridgehead atoms. The summed E-state index contributed by atoms with van der Waals surface area (Å²) in [6.45, 7) is 6.66. The van der Waals surface area contributed by atoms with Gasteiger partial charge in [-0.15, -0.1) is 0 Å². The highest BCUT2D eigenvalue weighted by Gasteiger charge is 2.35. The molecule has 0 N–H and O–H groups in total. The van der Waals surface area contributed by atoms with Crippen LogP contribution in [0.3, 0.4) is 0 Å². The van der Waals surface area contributed by atoms with Crippen molar-refractivity contribution < 1.29 is 9.18 Å². The predicted molar refractivity (Wildman–Crippen MR) is 92.5 cm³/mol. The first-order valence-electron chi connectivity index (χ1n) is 8.20. The molecular weight excluding hydrogens is 305 g/mol. The van der Waals surface area contributed by atoms with E-state index in [-0.39, 0.29) is 11.7 Å². The van der Waals surface area contributed by atoms with E-state index in [4.69, 9.17) is 0 Å². The molecule has 4 nitrogen and oxygen atoms in total. The van der Waals surface area contributed by atoms with E-state index < -0.39 is 5.41 Å². The van der Waals surface area contributed by atoms with Gasteiger partial charge in [-0.05, 0) is 43.7 Å². The molecule has 1 amide bonds. The van der Waals surface area contributed by atoms with E-state index in [0.29, 0.717) is 13.1 Å². The molecule has 1 saturated heterocycles. The van der Waals surface area contributed by atoms with Gasteiger partial charge in [-0.1, -0.05) is 18.2 Å². The highest BCUT2D eigenvalue weighted by atomic mass is 19.1. The van der Waals surface area contributed by atoms with Crippen molar-refractivity contribution >= 4 is 11.7 Å². The van der Waals surface area contributed by atoms with E-state index in [2.05, 4.69) is 9.88 Å². The van der Waals surface area contributed by atoms with Crippen molar-refractivity contribution in [3.63, 3.8) is 0 Å². The summed E-state index contributed by atoms with van der Waals surface area (Å²) in [4.78, 5) is 21.4. The van der Waals surface area contributed by atoms with Crippen LogP contribution in [0.15, 0.2) is 48.7 Å². The standard InChI is InChI=1S/C19H22FN3O/c1-19(2,15-6-8-16(20)9-7-15)18(24)23-13-11-22(12-14-23)17-5-3-4-10-21-17/h3-10H,11-14H2,1-2H3. The molecule has 5 heteroatoms. The molecule has 0 atom stereocenters. The SMILES string of the molecule is CC(C)(C(=O)N1CCN(c2ccccn2)CC1)c1ccc(F)cc1. The van der Waals surface area contributed by atoms with Crippen LogP contribution in [-0.2, 0) is 10.2 Å². The quantitative estimate of drug-likeness (QED) is 0.870. The Morgan fingerprint density at radius 2 is 1.71 bits per heavy atom. The van der Waals surface area contributed by atoms with E-state index in [9.17, 15) is 9.18 Å².